The molecule has 4 rings (SSSR count). The Morgan fingerprint density at radius 1 is 0.931 bits per heavy atom. The van der Waals surface area contributed by atoms with Gasteiger partial charge in [-0.15, -0.1) is 0 Å². The Balaban J connectivity index is 1.50. The van der Waals surface area contributed by atoms with E-state index in [0.29, 0.717) is 16.7 Å². The van der Waals surface area contributed by atoms with Gasteiger partial charge in [0.2, 0.25) is 5.88 Å². The lowest BCUT2D eigenvalue weighted by Crippen LogP contribution is -2.09. The molecule has 2 aromatic carbocycles. The molecule has 6 nitrogen and oxygen atoms in total. The molecule has 0 spiro atoms. The van der Waals surface area contributed by atoms with Gasteiger partial charge in [0.15, 0.2) is 0 Å². The van der Waals surface area contributed by atoms with E-state index in [4.69, 9.17) is 4.74 Å². The molecule has 146 valence electrons. The maximum absolute atomic E-state index is 10.1. The summed E-state index contributed by atoms with van der Waals surface area (Å²) >= 11 is 0. The number of fused-ring (bicyclic) bond motifs is 1. The molecule has 0 saturated heterocycles. The molecule has 0 radical (unpaired) electrons. The lowest BCUT2D eigenvalue weighted by atomic mass is 10.1. The Hall–Kier alpha value is -3.67. The summed E-state index contributed by atoms with van der Waals surface area (Å²) in [5.74, 6) is 0.457. The van der Waals surface area contributed by atoms with Gasteiger partial charge in [-0.25, -0.2) is 0 Å². The predicted octanol–water partition coefficient (Wildman–Crippen LogP) is 5.24. The number of aromatic nitrogens is 3. The number of anilines is 2. The van der Waals surface area contributed by atoms with E-state index < -0.39 is 0 Å². The molecule has 0 atom stereocenters. The zero-order valence-electron chi connectivity index (χ0n) is 16.4. The van der Waals surface area contributed by atoms with Crippen molar-refractivity contribution in [3.8, 4) is 17.6 Å². The van der Waals surface area contributed by atoms with Gasteiger partial charge in [0.1, 0.15) is 5.75 Å². The fourth-order valence-corrected chi connectivity index (χ4v) is 3.16. The Morgan fingerprint density at radius 3 is 2.31 bits per heavy atom. The minimum atomic E-state index is -0.129. The van der Waals surface area contributed by atoms with Crippen molar-refractivity contribution in [2.24, 2.45) is 0 Å². The number of rotatable bonds is 6. The van der Waals surface area contributed by atoms with Crippen LogP contribution in [0.25, 0.3) is 10.9 Å². The second kappa shape index (κ2) is 8.14. The molecule has 0 fully saturated rings. The van der Waals surface area contributed by atoms with Crippen LogP contribution in [-0.4, -0.2) is 27.1 Å². The van der Waals surface area contributed by atoms with Gasteiger partial charge in [0.05, 0.1) is 17.1 Å². The SMILES string of the molecule is CCCc1ccc(N(C)c2ccc(Oc3nc(O)c4ccncc4n3)cc2)cc1. The van der Waals surface area contributed by atoms with Gasteiger partial charge in [-0.05, 0) is 54.4 Å². The fourth-order valence-electron chi connectivity index (χ4n) is 3.16. The average molecular weight is 386 g/mol. The molecule has 29 heavy (non-hydrogen) atoms. The minimum Gasteiger partial charge on any atom is -0.493 e. The van der Waals surface area contributed by atoms with Crippen molar-refractivity contribution < 1.29 is 9.84 Å². The lowest BCUT2D eigenvalue weighted by Gasteiger charge is -2.20. The molecule has 0 aliphatic rings. The zero-order valence-corrected chi connectivity index (χ0v) is 16.4. The highest BCUT2D eigenvalue weighted by molar-refractivity contribution is 5.82. The van der Waals surface area contributed by atoms with Gasteiger partial charge in [0, 0.05) is 24.6 Å². The Labute approximate surface area is 169 Å². The first kappa shape index (κ1) is 18.7. The van der Waals surface area contributed by atoms with Gasteiger partial charge in [0.25, 0.3) is 0 Å². The van der Waals surface area contributed by atoms with Crippen LogP contribution < -0.4 is 9.64 Å². The van der Waals surface area contributed by atoms with Crippen LogP contribution >= 0.6 is 0 Å². The summed E-state index contributed by atoms with van der Waals surface area (Å²) in [6, 6.07) is 18.0. The molecule has 4 aromatic rings. The molecule has 0 unspecified atom stereocenters. The van der Waals surface area contributed by atoms with Crippen LogP contribution in [0, 0.1) is 0 Å². The molecular weight excluding hydrogens is 364 g/mol. The van der Waals surface area contributed by atoms with Crippen LogP contribution in [0.4, 0.5) is 11.4 Å². The topological polar surface area (TPSA) is 71.4 Å². The van der Waals surface area contributed by atoms with Gasteiger partial charge >= 0.3 is 6.01 Å². The molecule has 1 N–H and O–H groups in total. The van der Waals surface area contributed by atoms with E-state index in [1.807, 2.05) is 31.3 Å². The summed E-state index contributed by atoms with van der Waals surface area (Å²) < 4.78 is 5.72. The van der Waals surface area contributed by atoms with Crippen molar-refractivity contribution in [1.29, 1.82) is 0 Å². The van der Waals surface area contributed by atoms with Crippen LogP contribution in [-0.2, 0) is 6.42 Å². The third-order valence-electron chi connectivity index (χ3n) is 4.75. The molecule has 0 amide bonds. The molecular formula is C23H22N4O2. The zero-order chi connectivity index (χ0) is 20.2. The number of ether oxygens (including phenoxy) is 1. The van der Waals surface area contributed by atoms with E-state index in [-0.39, 0.29) is 11.9 Å². The predicted molar refractivity (Wildman–Crippen MR) is 114 cm³/mol. The summed E-state index contributed by atoms with van der Waals surface area (Å²) in [6.07, 6.45) is 5.39. The van der Waals surface area contributed by atoms with Gasteiger partial charge in [-0.1, -0.05) is 25.5 Å². The van der Waals surface area contributed by atoms with E-state index in [9.17, 15) is 5.11 Å². The van der Waals surface area contributed by atoms with Crippen molar-refractivity contribution in [1.82, 2.24) is 15.0 Å². The number of hydrogen-bond acceptors (Lipinski definition) is 6. The number of hydrogen-bond donors (Lipinski definition) is 1. The van der Waals surface area contributed by atoms with Crippen LogP contribution in [0.2, 0.25) is 0 Å². The monoisotopic (exact) mass is 386 g/mol. The van der Waals surface area contributed by atoms with Gasteiger partial charge in [-0.3, -0.25) is 4.98 Å². The van der Waals surface area contributed by atoms with Crippen LogP contribution in [0.1, 0.15) is 18.9 Å². The summed E-state index contributed by atoms with van der Waals surface area (Å²) in [7, 11) is 2.03. The van der Waals surface area contributed by atoms with Crippen LogP contribution in [0.15, 0.2) is 67.0 Å². The standard InChI is InChI=1S/C23H22N4O2/c1-3-4-16-5-7-17(8-6-16)27(2)18-9-11-19(12-10-18)29-23-25-21-15-24-14-13-20(21)22(28)26-23/h5-15H,3-4H2,1-2H3,(H,25,26,28). The number of aryl methyl sites for hydroxylation is 1. The molecule has 0 saturated carbocycles. The van der Waals surface area contributed by atoms with E-state index in [1.165, 1.54) is 5.56 Å². The number of nitrogens with zero attached hydrogens (tertiary/aromatic N) is 4. The highest BCUT2D eigenvalue weighted by Gasteiger charge is 2.09. The maximum Gasteiger partial charge on any atom is 0.325 e. The Morgan fingerprint density at radius 2 is 1.62 bits per heavy atom. The lowest BCUT2D eigenvalue weighted by molar-refractivity contribution is 0.412. The number of benzene rings is 2. The van der Waals surface area contributed by atoms with Crippen LogP contribution in [0.5, 0.6) is 17.6 Å². The second-order valence-electron chi connectivity index (χ2n) is 6.79. The first-order valence-corrected chi connectivity index (χ1v) is 9.55. The van der Waals surface area contributed by atoms with Crippen molar-refractivity contribution in [3.63, 3.8) is 0 Å². The average Bonchev–Trinajstić information content (AvgIpc) is 2.75. The molecule has 2 heterocycles. The Kier molecular flexibility index (Phi) is 5.24. The largest absolute Gasteiger partial charge is 0.493 e. The summed E-state index contributed by atoms with van der Waals surface area (Å²) in [6.45, 7) is 2.19. The summed E-state index contributed by atoms with van der Waals surface area (Å²) in [5.41, 5.74) is 4.03. The highest BCUT2D eigenvalue weighted by Crippen LogP contribution is 2.29. The number of pyridine rings is 1. The third kappa shape index (κ3) is 4.11. The first-order chi connectivity index (χ1) is 14.1. The van der Waals surface area contributed by atoms with E-state index in [2.05, 4.69) is 51.0 Å². The van der Waals surface area contributed by atoms with Crippen molar-refractivity contribution >= 4 is 22.3 Å². The van der Waals surface area contributed by atoms with Gasteiger partial charge in [-0.2, -0.15) is 9.97 Å². The summed E-state index contributed by atoms with van der Waals surface area (Å²) in [4.78, 5) is 14.4. The van der Waals surface area contributed by atoms with E-state index >= 15 is 0 Å². The van der Waals surface area contributed by atoms with Crippen molar-refractivity contribution in [2.75, 3.05) is 11.9 Å². The molecule has 0 aliphatic carbocycles. The minimum absolute atomic E-state index is 0.0793. The Bertz CT molecular complexity index is 1110. The van der Waals surface area contributed by atoms with E-state index in [1.54, 1.807) is 18.5 Å². The normalized spacial score (nSPS) is 10.8. The molecule has 6 heteroatoms. The van der Waals surface area contributed by atoms with Crippen molar-refractivity contribution in [3.05, 3.63) is 72.6 Å². The van der Waals surface area contributed by atoms with Crippen LogP contribution in [0.3, 0.4) is 0 Å². The second-order valence-corrected chi connectivity index (χ2v) is 6.79. The maximum atomic E-state index is 10.1. The fraction of sp³-hybridized carbons (Fsp3) is 0.174. The molecule has 0 aliphatic heterocycles. The quantitative estimate of drug-likeness (QED) is 0.488. The first-order valence-electron chi connectivity index (χ1n) is 9.55. The highest BCUT2D eigenvalue weighted by atomic mass is 16.5. The van der Waals surface area contributed by atoms with Crippen molar-refractivity contribution in [2.45, 2.75) is 19.8 Å². The van der Waals surface area contributed by atoms with Gasteiger partial charge < -0.3 is 14.7 Å². The molecule has 2 aromatic heterocycles. The van der Waals surface area contributed by atoms with E-state index in [0.717, 1.165) is 24.2 Å². The molecule has 0 bridgehead atoms. The smallest absolute Gasteiger partial charge is 0.325 e. The third-order valence-corrected chi connectivity index (χ3v) is 4.75. The summed E-state index contributed by atoms with van der Waals surface area (Å²) in [5, 5.41) is 10.6. The number of aromatic hydroxyl groups is 1.